The lowest BCUT2D eigenvalue weighted by Crippen LogP contribution is -2.31. The SMILES string of the molecule is CCCNc1nc(Cl)nc(OC(C)C(F)(F)F)n1. The van der Waals surface area contributed by atoms with Gasteiger partial charge in [-0.2, -0.15) is 28.1 Å². The van der Waals surface area contributed by atoms with Crippen LogP contribution >= 0.6 is 11.6 Å². The van der Waals surface area contributed by atoms with Crippen molar-refractivity contribution in [1.82, 2.24) is 15.0 Å². The summed E-state index contributed by atoms with van der Waals surface area (Å²) in [5.74, 6) is 0.0845. The Morgan fingerprint density at radius 2 is 2.00 bits per heavy atom. The molecule has 18 heavy (non-hydrogen) atoms. The van der Waals surface area contributed by atoms with Crippen molar-refractivity contribution >= 4 is 17.5 Å². The van der Waals surface area contributed by atoms with Crippen molar-refractivity contribution < 1.29 is 17.9 Å². The second kappa shape index (κ2) is 6.03. The quantitative estimate of drug-likeness (QED) is 0.901. The van der Waals surface area contributed by atoms with E-state index in [-0.39, 0.29) is 11.2 Å². The minimum absolute atomic E-state index is 0.0845. The Bertz CT molecular complexity index is 402. The first-order chi connectivity index (χ1) is 8.32. The van der Waals surface area contributed by atoms with Crippen LogP contribution in [0.4, 0.5) is 19.1 Å². The van der Waals surface area contributed by atoms with Gasteiger partial charge in [0, 0.05) is 6.54 Å². The van der Waals surface area contributed by atoms with Crippen molar-refractivity contribution in [1.29, 1.82) is 0 Å². The molecule has 1 unspecified atom stereocenters. The molecule has 0 saturated heterocycles. The molecule has 0 amide bonds. The summed E-state index contributed by atoms with van der Waals surface area (Å²) < 4.78 is 41.4. The van der Waals surface area contributed by atoms with Crippen LogP contribution in [0.15, 0.2) is 0 Å². The number of anilines is 1. The summed E-state index contributed by atoms with van der Waals surface area (Å²) in [7, 11) is 0. The van der Waals surface area contributed by atoms with Gasteiger partial charge in [-0.1, -0.05) is 6.92 Å². The molecule has 0 aliphatic carbocycles. The molecule has 1 rings (SSSR count). The number of nitrogens with zero attached hydrogens (tertiary/aromatic N) is 3. The first-order valence-electron chi connectivity index (χ1n) is 5.21. The summed E-state index contributed by atoms with van der Waals surface area (Å²) in [5, 5.41) is 2.55. The van der Waals surface area contributed by atoms with Gasteiger partial charge in [0.25, 0.3) is 0 Å². The minimum atomic E-state index is -4.49. The predicted molar refractivity (Wildman–Crippen MR) is 59.8 cm³/mol. The van der Waals surface area contributed by atoms with Crippen LogP contribution in [0, 0.1) is 0 Å². The van der Waals surface area contributed by atoms with E-state index < -0.39 is 18.3 Å². The van der Waals surface area contributed by atoms with Gasteiger partial charge in [-0.05, 0) is 24.9 Å². The predicted octanol–water partition coefficient (Wildman–Crippen LogP) is 2.68. The third-order valence-corrected chi connectivity index (χ3v) is 2.03. The van der Waals surface area contributed by atoms with E-state index in [0.717, 1.165) is 13.3 Å². The van der Waals surface area contributed by atoms with E-state index in [1.165, 1.54) is 0 Å². The summed E-state index contributed by atoms with van der Waals surface area (Å²) >= 11 is 5.56. The molecule has 1 atom stereocenters. The Hall–Kier alpha value is -1.31. The largest absolute Gasteiger partial charge is 0.451 e. The van der Waals surface area contributed by atoms with Crippen molar-refractivity contribution in [2.45, 2.75) is 32.5 Å². The van der Waals surface area contributed by atoms with Crippen LogP contribution in [0.1, 0.15) is 20.3 Å². The first kappa shape index (κ1) is 14.7. The summed E-state index contributed by atoms with van der Waals surface area (Å²) in [6.07, 6.45) is -5.70. The van der Waals surface area contributed by atoms with Crippen molar-refractivity contribution in [2.24, 2.45) is 0 Å². The molecule has 1 aromatic rings. The molecule has 9 heteroatoms. The summed E-state index contributed by atoms with van der Waals surface area (Å²) in [6, 6.07) is -0.460. The van der Waals surface area contributed by atoms with Gasteiger partial charge < -0.3 is 10.1 Å². The Balaban J connectivity index is 2.79. The third kappa shape index (κ3) is 4.52. The summed E-state index contributed by atoms with van der Waals surface area (Å²) in [4.78, 5) is 10.9. The zero-order valence-corrected chi connectivity index (χ0v) is 10.5. The van der Waals surface area contributed by atoms with Crippen LogP contribution in [0.3, 0.4) is 0 Å². The Morgan fingerprint density at radius 1 is 1.33 bits per heavy atom. The summed E-state index contributed by atoms with van der Waals surface area (Å²) in [6.45, 7) is 3.34. The molecule has 0 radical (unpaired) electrons. The number of hydrogen-bond donors (Lipinski definition) is 1. The smallest absolute Gasteiger partial charge is 0.425 e. The van der Waals surface area contributed by atoms with E-state index in [9.17, 15) is 13.2 Å². The standard InChI is InChI=1S/C9H12ClF3N4O/c1-3-4-14-7-15-6(10)16-8(17-7)18-5(2)9(11,12)13/h5H,3-4H2,1-2H3,(H,14,15,16,17). The van der Waals surface area contributed by atoms with Crippen molar-refractivity contribution in [2.75, 3.05) is 11.9 Å². The Labute approximate surface area is 107 Å². The van der Waals surface area contributed by atoms with Crippen LogP contribution in [0.2, 0.25) is 5.28 Å². The number of rotatable bonds is 5. The van der Waals surface area contributed by atoms with Crippen molar-refractivity contribution in [3.05, 3.63) is 5.28 Å². The zero-order chi connectivity index (χ0) is 13.8. The van der Waals surface area contributed by atoms with Gasteiger partial charge in [-0.15, -0.1) is 0 Å². The number of hydrogen-bond acceptors (Lipinski definition) is 5. The lowest BCUT2D eigenvalue weighted by Gasteiger charge is -2.16. The van der Waals surface area contributed by atoms with Crippen molar-refractivity contribution in [3.63, 3.8) is 0 Å². The fraction of sp³-hybridized carbons (Fsp3) is 0.667. The fourth-order valence-corrected chi connectivity index (χ4v) is 1.08. The summed E-state index contributed by atoms with van der Waals surface area (Å²) in [5.41, 5.74) is 0. The van der Waals surface area contributed by atoms with E-state index >= 15 is 0 Å². The molecule has 1 aromatic heterocycles. The van der Waals surface area contributed by atoms with E-state index in [1.807, 2.05) is 6.92 Å². The van der Waals surface area contributed by atoms with Gasteiger partial charge in [-0.3, -0.25) is 0 Å². The molecule has 1 N–H and O–H groups in total. The lowest BCUT2D eigenvalue weighted by atomic mass is 10.4. The number of ether oxygens (including phenoxy) is 1. The highest BCUT2D eigenvalue weighted by atomic mass is 35.5. The van der Waals surface area contributed by atoms with Crippen LogP contribution in [0.25, 0.3) is 0 Å². The van der Waals surface area contributed by atoms with Gasteiger partial charge in [0.2, 0.25) is 11.2 Å². The van der Waals surface area contributed by atoms with Crippen LogP contribution < -0.4 is 10.1 Å². The van der Waals surface area contributed by atoms with Crippen LogP contribution in [-0.4, -0.2) is 33.8 Å². The first-order valence-corrected chi connectivity index (χ1v) is 5.59. The van der Waals surface area contributed by atoms with E-state index in [1.54, 1.807) is 0 Å². The highest BCUT2D eigenvalue weighted by Gasteiger charge is 2.38. The molecule has 0 bridgehead atoms. The molecular formula is C9H12ClF3N4O. The molecule has 0 fully saturated rings. The second-order valence-corrected chi connectivity index (χ2v) is 3.78. The number of aromatic nitrogens is 3. The van der Waals surface area contributed by atoms with Gasteiger partial charge in [-0.25, -0.2) is 0 Å². The number of nitrogens with one attached hydrogen (secondary N) is 1. The molecule has 102 valence electrons. The normalized spacial score (nSPS) is 13.2. The fourth-order valence-electron chi connectivity index (χ4n) is 0.925. The minimum Gasteiger partial charge on any atom is -0.451 e. The van der Waals surface area contributed by atoms with Crippen molar-refractivity contribution in [3.8, 4) is 6.01 Å². The lowest BCUT2D eigenvalue weighted by molar-refractivity contribution is -0.190. The van der Waals surface area contributed by atoms with E-state index in [4.69, 9.17) is 11.6 Å². The molecule has 0 aromatic carbocycles. The third-order valence-electron chi connectivity index (χ3n) is 1.86. The number of alkyl halides is 3. The van der Waals surface area contributed by atoms with E-state index in [2.05, 4.69) is 25.0 Å². The molecule has 0 spiro atoms. The molecule has 1 heterocycles. The van der Waals surface area contributed by atoms with E-state index in [0.29, 0.717) is 6.54 Å². The van der Waals surface area contributed by atoms with Gasteiger partial charge in [0.05, 0.1) is 0 Å². The topological polar surface area (TPSA) is 59.9 Å². The average molecular weight is 285 g/mol. The monoisotopic (exact) mass is 284 g/mol. The average Bonchev–Trinajstić information content (AvgIpc) is 2.24. The molecule has 5 nitrogen and oxygen atoms in total. The molecule has 0 aliphatic rings. The van der Waals surface area contributed by atoms with Gasteiger partial charge >= 0.3 is 12.2 Å². The highest BCUT2D eigenvalue weighted by molar-refractivity contribution is 6.28. The van der Waals surface area contributed by atoms with Gasteiger partial charge in [0.1, 0.15) is 0 Å². The van der Waals surface area contributed by atoms with Crippen LogP contribution in [0.5, 0.6) is 6.01 Å². The molecular weight excluding hydrogens is 273 g/mol. The maximum Gasteiger partial charge on any atom is 0.425 e. The number of halogens is 4. The second-order valence-electron chi connectivity index (χ2n) is 3.44. The zero-order valence-electron chi connectivity index (χ0n) is 9.75. The highest BCUT2D eigenvalue weighted by Crippen LogP contribution is 2.23. The van der Waals surface area contributed by atoms with Crippen LogP contribution in [-0.2, 0) is 0 Å². The molecule has 0 saturated carbocycles. The Morgan fingerprint density at radius 3 is 2.56 bits per heavy atom. The van der Waals surface area contributed by atoms with Gasteiger partial charge in [0.15, 0.2) is 6.10 Å². The maximum atomic E-state index is 12.3. The Kier molecular flexibility index (Phi) is 4.94. The molecule has 0 aliphatic heterocycles. The maximum absolute atomic E-state index is 12.3.